The first-order valence-corrected chi connectivity index (χ1v) is 9.26. The molecule has 2 radical (unpaired) electrons. The molecule has 0 spiro atoms. The summed E-state index contributed by atoms with van der Waals surface area (Å²) in [6.45, 7) is 0. The van der Waals surface area contributed by atoms with E-state index in [1.54, 1.807) is 0 Å². The van der Waals surface area contributed by atoms with Gasteiger partial charge in [0.15, 0.2) is 0 Å². The second-order valence-electron chi connectivity index (χ2n) is 7.04. The number of benzene rings is 1. The van der Waals surface area contributed by atoms with Crippen molar-refractivity contribution in [2.75, 3.05) is 0 Å². The van der Waals surface area contributed by atoms with Crippen LogP contribution in [-0.4, -0.2) is 43.0 Å². The highest BCUT2D eigenvalue weighted by Crippen LogP contribution is 2.35. The number of hydrogen-bond donors (Lipinski definition) is 2. The standard InChI is InChI=1S/C24H16N4.Mg/c1-2-4-22-21(3-1)23-13-19-9-7-17(26-19)11-15-5-6-16(25-15)12-18-8-10-20(27-18)14-24(22)28-23;/h1-14,25-26H;. The molecule has 2 aliphatic rings. The van der Waals surface area contributed by atoms with Crippen LogP contribution >= 0.6 is 0 Å². The monoisotopic (exact) mass is 384 g/mol. The third kappa shape index (κ3) is 3.28. The molecule has 2 aliphatic heterocycles. The third-order valence-electron chi connectivity index (χ3n) is 5.06. The SMILES string of the molecule is C1=Cc2cc3ccc(cc4ccc(cc5nc(cc1n2)-c1ccccc1-5)[nH]4)[nH]3.[Mg]. The van der Waals surface area contributed by atoms with E-state index in [2.05, 4.69) is 82.8 Å². The lowest BCUT2D eigenvalue weighted by Gasteiger charge is -1.97. The van der Waals surface area contributed by atoms with Crippen LogP contribution in [0.1, 0.15) is 11.4 Å². The second-order valence-corrected chi connectivity index (χ2v) is 7.04. The minimum Gasteiger partial charge on any atom is -0.355 e. The van der Waals surface area contributed by atoms with Crippen LogP contribution in [0.25, 0.3) is 56.7 Å². The van der Waals surface area contributed by atoms with Crippen molar-refractivity contribution in [2.24, 2.45) is 0 Å². The highest BCUT2D eigenvalue weighted by molar-refractivity contribution is 5.87. The van der Waals surface area contributed by atoms with Crippen molar-refractivity contribution in [1.82, 2.24) is 19.9 Å². The van der Waals surface area contributed by atoms with Gasteiger partial charge in [-0.2, -0.15) is 0 Å². The molecule has 0 amide bonds. The van der Waals surface area contributed by atoms with E-state index in [1.165, 1.54) is 0 Å². The van der Waals surface area contributed by atoms with Gasteiger partial charge in [0.05, 0.1) is 22.8 Å². The molecule has 0 atom stereocenters. The second kappa shape index (κ2) is 7.03. The lowest BCUT2D eigenvalue weighted by Crippen LogP contribution is -1.77. The summed E-state index contributed by atoms with van der Waals surface area (Å²) in [5.41, 5.74) is 10.2. The summed E-state index contributed by atoms with van der Waals surface area (Å²) < 4.78 is 0. The van der Waals surface area contributed by atoms with Crippen LogP contribution in [0.5, 0.6) is 0 Å². The summed E-state index contributed by atoms with van der Waals surface area (Å²) in [5.74, 6) is 0. The van der Waals surface area contributed by atoms with Gasteiger partial charge in [0.25, 0.3) is 0 Å². The van der Waals surface area contributed by atoms with Crippen molar-refractivity contribution in [3.05, 3.63) is 84.2 Å². The van der Waals surface area contributed by atoms with E-state index >= 15 is 0 Å². The Labute approximate surface area is 183 Å². The Morgan fingerprint density at radius 2 is 1.03 bits per heavy atom. The van der Waals surface area contributed by atoms with E-state index in [-0.39, 0.29) is 23.1 Å². The zero-order valence-electron chi connectivity index (χ0n) is 15.7. The number of nitrogens with zero attached hydrogens (tertiary/aromatic N) is 2. The van der Waals surface area contributed by atoms with Crippen LogP contribution in [0.4, 0.5) is 0 Å². The van der Waals surface area contributed by atoms with Gasteiger partial charge < -0.3 is 9.97 Å². The molecule has 4 nitrogen and oxygen atoms in total. The molecule has 134 valence electrons. The van der Waals surface area contributed by atoms with Gasteiger partial charge in [-0.25, -0.2) is 9.97 Å². The average Bonchev–Trinajstić information content (AvgIpc) is 3.47. The van der Waals surface area contributed by atoms with Gasteiger partial charge >= 0.3 is 0 Å². The summed E-state index contributed by atoms with van der Waals surface area (Å²) >= 11 is 0. The molecular formula is C24H16MgN4. The van der Waals surface area contributed by atoms with Crippen molar-refractivity contribution >= 4 is 57.3 Å². The van der Waals surface area contributed by atoms with Crippen molar-refractivity contribution in [3.8, 4) is 22.5 Å². The van der Waals surface area contributed by atoms with Gasteiger partial charge in [-0.3, -0.25) is 0 Å². The molecule has 0 unspecified atom stereocenters. The van der Waals surface area contributed by atoms with Crippen LogP contribution < -0.4 is 0 Å². The van der Waals surface area contributed by atoms with E-state index in [9.17, 15) is 0 Å². The van der Waals surface area contributed by atoms with Crippen LogP contribution in [0.15, 0.2) is 72.8 Å². The van der Waals surface area contributed by atoms with Crippen molar-refractivity contribution in [3.63, 3.8) is 0 Å². The third-order valence-corrected chi connectivity index (χ3v) is 5.06. The molecule has 4 aromatic rings. The molecule has 0 fully saturated rings. The number of H-pyrrole nitrogens is 2. The van der Waals surface area contributed by atoms with E-state index in [0.717, 1.165) is 56.0 Å². The molecule has 0 aliphatic carbocycles. The topological polar surface area (TPSA) is 57.4 Å². The number of aromatic amines is 2. The molecular weight excluding hydrogens is 369 g/mol. The molecule has 6 rings (SSSR count). The lowest BCUT2D eigenvalue weighted by molar-refractivity contribution is 1.31. The highest BCUT2D eigenvalue weighted by Gasteiger charge is 2.15. The van der Waals surface area contributed by atoms with E-state index in [1.807, 2.05) is 12.2 Å². The molecule has 2 N–H and O–H groups in total. The fourth-order valence-electron chi connectivity index (χ4n) is 3.77. The molecule has 8 bridgehead atoms. The minimum atomic E-state index is 0. The Morgan fingerprint density at radius 1 is 0.517 bits per heavy atom. The van der Waals surface area contributed by atoms with Gasteiger partial charge in [-0.1, -0.05) is 24.3 Å². The maximum absolute atomic E-state index is 4.90. The van der Waals surface area contributed by atoms with Crippen LogP contribution in [0.2, 0.25) is 0 Å². The largest absolute Gasteiger partial charge is 0.355 e. The maximum Gasteiger partial charge on any atom is 0.0737 e. The number of hydrogen-bond acceptors (Lipinski definition) is 2. The fraction of sp³-hybridized carbons (Fsp3) is 0. The number of rotatable bonds is 0. The minimum absolute atomic E-state index is 0. The van der Waals surface area contributed by atoms with Crippen molar-refractivity contribution < 1.29 is 0 Å². The first-order valence-electron chi connectivity index (χ1n) is 9.26. The Hall–Kier alpha value is -3.15. The quantitative estimate of drug-likeness (QED) is 0.343. The van der Waals surface area contributed by atoms with Crippen molar-refractivity contribution in [2.45, 2.75) is 0 Å². The number of fused-ring (bicyclic) bond motifs is 11. The molecule has 1 aromatic carbocycles. The van der Waals surface area contributed by atoms with Gasteiger partial charge in [-0.15, -0.1) is 0 Å². The summed E-state index contributed by atoms with van der Waals surface area (Å²) in [6.07, 6.45) is 4.06. The number of aromatic nitrogens is 4. The Morgan fingerprint density at radius 3 is 1.69 bits per heavy atom. The summed E-state index contributed by atoms with van der Waals surface area (Å²) in [7, 11) is 0. The van der Waals surface area contributed by atoms with Gasteiger partial charge in [-0.05, 0) is 60.7 Å². The summed E-state index contributed by atoms with van der Waals surface area (Å²) in [6, 6.07) is 24.9. The summed E-state index contributed by atoms with van der Waals surface area (Å²) in [5, 5.41) is 0. The molecule has 0 saturated heterocycles. The molecule has 0 saturated carbocycles. The summed E-state index contributed by atoms with van der Waals surface area (Å²) in [4.78, 5) is 16.5. The zero-order chi connectivity index (χ0) is 18.5. The Kier molecular flexibility index (Phi) is 4.34. The molecule has 3 aromatic heterocycles. The van der Waals surface area contributed by atoms with Gasteiger partial charge in [0, 0.05) is 56.2 Å². The average molecular weight is 385 g/mol. The van der Waals surface area contributed by atoms with Gasteiger partial charge in [0.2, 0.25) is 0 Å². The predicted octanol–water partition coefficient (Wildman–Crippen LogP) is 5.44. The van der Waals surface area contributed by atoms with E-state index in [4.69, 9.17) is 9.97 Å². The molecule has 5 heteroatoms. The lowest BCUT2D eigenvalue weighted by atomic mass is 10.0. The first-order chi connectivity index (χ1) is 13.8. The van der Waals surface area contributed by atoms with Crippen molar-refractivity contribution in [1.29, 1.82) is 0 Å². The van der Waals surface area contributed by atoms with Crippen LogP contribution in [0, 0.1) is 0 Å². The smallest absolute Gasteiger partial charge is 0.0737 e. The normalized spacial score (nSPS) is 11.7. The number of nitrogens with one attached hydrogen (secondary N) is 2. The molecule has 5 heterocycles. The highest BCUT2D eigenvalue weighted by atomic mass is 24.3. The van der Waals surface area contributed by atoms with Crippen LogP contribution in [0.3, 0.4) is 0 Å². The Balaban J connectivity index is 0.00000181. The predicted molar refractivity (Wildman–Crippen MR) is 120 cm³/mol. The first kappa shape index (κ1) is 17.9. The van der Waals surface area contributed by atoms with E-state index < -0.39 is 0 Å². The maximum atomic E-state index is 4.90. The fourth-order valence-corrected chi connectivity index (χ4v) is 3.77. The van der Waals surface area contributed by atoms with Gasteiger partial charge in [0.1, 0.15) is 0 Å². The van der Waals surface area contributed by atoms with Crippen LogP contribution in [-0.2, 0) is 0 Å². The van der Waals surface area contributed by atoms with E-state index in [0.29, 0.717) is 0 Å². The Bertz CT molecular complexity index is 1430. The molecule has 29 heavy (non-hydrogen) atoms. The zero-order valence-corrected chi connectivity index (χ0v) is 17.1.